The van der Waals surface area contributed by atoms with E-state index in [-0.39, 0.29) is 12.4 Å². The van der Waals surface area contributed by atoms with Crippen molar-refractivity contribution in [2.24, 2.45) is 0 Å². The Morgan fingerprint density at radius 2 is 1.26 bits per heavy atom. The Morgan fingerprint density at radius 1 is 0.686 bits per heavy atom. The number of benzene rings is 4. The fourth-order valence-electron chi connectivity index (χ4n) is 3.78. The lowest BCUT2D eigenvalue weighted by Gasteiger charge is -2.14. The molecule has 0 aromatic heterocycles. The quantitative estimate of drug-likeness (QED) is 0.168. The molecule has 0 spiro atoms. The largest absolute Gasteiger partial charge is 0.508 e. The molecular weight excluding hydrogens is 438 g/mol. The van der Waals surface area contributed by atoms with Gasteiger partial charge in [0.25, 0.3) is 0 Å². The van der Waals surface area contributed by atoms with Crippen LogP contribution in [-0.2, 0) is 13.0 Å². The standard InChI is InChI=1S/C29H31N3O3/c33-20-23-18-22(8-15-28(23)34)29(35)19-30-17-16-21-6-9-25(10-7-21)32-27-13-11-26(12-14-27)31-24-4-2-1-3-5-24/h1-15,18,29-35H,16-17,19-20H2. The first-order valence-electron chi connectivity index (χ1n) is 11.7. The number of phenols is 1. The molecule has 0 radical (unpaired) electrons. The maximum Gasteiger partial charge on any atom is 0.121 e. The van der Waals surface area contributed by atoms with Gasteiger partial charge in [-0.2, -0.15) is 0 Å². The van der Waals surface area contributed by atoms with Crippen LogP contribution in [0.1, 0.15) is 22.8 Å². The van der Waals surface area contributed by atoms with Crippen LogP contribution in [0.2, 0.25) is 0 Å². The van der Waals surface area contributed by atoms with Crippen LogP contribution in [-0.4, -0.2) is 28.4 Å². The number of hydrogen-bond acceptors (Lipinski definition) is 6. The average molecular weight is 470 g/mol. The number of rotatable bonds is 11. The van der Waals surface area contributed by atoms with Crippen molar-refractivity contribution in [1.82, 2.24) is 5.32 Å². The van der Waals surface area contributed by atoms with Crippen molar-refractivity contribution in [3.8, 4) is 5.75 Å². The molecule has 0 fully saturated rings. The number of anilines is 4. The highest BCUT2D eigenvalue weighted by Crippen LogP contribution is 2.23. The molecule has 4 rings (SSSR count). The summed E-state index contributed by atoms with van der Waals surface area (Å²) in [5.74, 6) is 0.0337. The molecule has 1 unspecified atom stereocenters. The third kappa shape index (κ3) is 7.07. The van der Waals surface area contributed by atoms with E-state index in [1.807, 2.05) is 54.6 Å². The number of hydrogen-bond donors (Lipinski definition) is 6. The third-order valence-corrected chi connectivity index (χ3v) is 5.78. The maximum atomic E-state index is 10.4. The number of para-hydroxylation sites is 1. The second-order valence-corrected chi connectivity index (χ2v) is 8.41. The van der Waals surface area contributed by atoms with E-state index in [1.165, 1.54) is 11.6 Å². The fraction of sp³-hybridized carbons (Fsp3) is 0.172. The first kappa shape index (κ1) is 24.3. The SMILES string of the molecule is OCc1cc(C(O)CNCCc2ccc(Nc3ccc(Nc4ccccc4)cc3)cc2)ccc1O. The number of nitrogens with one attached hydrogen (secondary N) is 3. The highest BCUT2D eigenvalue weighted by Gasteiger charge is 2.10. The minimum atomic E-state index is -0.707. The van der Waals surface area contributed by atoms with Crippen molar-refractivity contribution < 1.29 is 15.3 Å². The van der Waals surface area contributed by atoms with Crippen molar-refractivity contribution in [3.63, 3.8) is 0 Å². The molecule has 35 heavy (non-hydrogen) atoms. The summed E-state index contributed by atoms with van der Waals surface area (Å²) in [6.07, 6.45) is 0.131. The molecule has 6 N–H and O–H groups in total. The first-order chi connectivity index (χ1) is 17.1. The molecule has 6 heteroatoms. The zero-order chi connectivity index (χ0) is 24.5. The molecule has 0 saturated heterocycles. The van der Waals surface area contributed by atoms with Crippen molar-refractivity contribution in [3.05, 3.63) is 114 Å². The van der Waals surface area contributed by atoms with Gasteiger partial charge in [0.2, 0.25) is 0 Å². The Hall–Kier alpha value is -3.84. The third-order valence-electron chi connectivity index (χ3n) is 5.78. The van der Waals surface area contributed by atoms with Crippen molar-refractivity contribution in [2.45, 2.75) is 19.1 Å². The van der Waals surface area contributed by atoms with Gasteiger partial charge in [0.15, 0.2) is 0 Å². The molecule has 0 saturated carbocycles. The average Bonchev–Trinajstić information content (AvgIpc) is 2.89. The molecular formula is C29H31N3O3. The lowest BCUT2D eigenvalue weighted by atomic mass is 10.1. The van der Waals surface area contributed by atoms with Crippen molar-refractivity contribution in [2.75, 3.05) is 23.7 Å². The second-order valence-electron chi connectivity index (χ2n) is 8.41. The molecule has 0 bridgehead atoms. The topological polar surface area (TPSA) is 96.8 Å². The predicted molar refractivity (Wildman–Crippen MR) is 141 cm³/mol. The van der Waals surface area contributed by atoms with Crippen LogP contribution >= 0.6 is 0 Å². The Balaban J connectivity index is 1.21. The van der Waals surface area contributed by atoms with Gasteiger partial charge in [-0.05, 0) is 84.8 Å². The number of aliphatic hydroxyl groups excluding tert-OH is 2. The molecule has 0 heterocycles. The Morgan fingerprint density at radius 3 is 1.86 bits per heavy atom. The van der Waals surface area contributed by atoms with Crippen LogP contribution in [0, 0.1) is 0 Å². The summed E-state index contributed by atoms with van der Waals surface area (Å²) in [7, 11) is 0. The number of aliphatic hydroxyl groups is 2. The highest BCUT2D eigenvalue weighted by atomic mass is 16.3. The van der Waals surface area contributed by atoms with E-state index in [4.69, 9.17) is 0 Å². The summed E-state index contributed by atoms with van der Waals surface area (Å²) in [5, 5.41) is 39.3. The van der Waals surface area contributed by atoms with Crippen LogP contribution in [0.3, 0.4) is 0 Å². The second kappa shape index (κ2) is 12.0. The summed E-state index contributed by atoms with van der Waals surface area (Å²) in [6.45, 7) is 0.858. The molecule has 180 valence electrons. The van der Waals surface area contributed by atoms with Crippen LogP contribution in [0.5, 0.6) is 5.75 Å². The van der Waals surface area contributed by atoms with Gasteiger partial charge < -0.3 is 31.3 Å². The van der Waals surface area contributed by atoms with E-state index in [9.17, 15) is 15.3 Å². The van der Waals surface area contributed by atoms with Crippen LogP contribution in [0.4, 0.5) is 22.7 Å². The summed E-state index contributed by atoms with van der Waals surface area (Å²) in [6, 6.07) is 31.4. The van der Waals surface area contributed by atoms with Crippen LogP contribution < -0.4 is 16.0 Å². The van der Waals surface area contributed by atoms with Gasteiger partial charge in [-0.3, -0.25) is 0 Å². The lowest BCUT2D eigenvalue weighted by molar-refractivity contribution is 0.174. The van der Waals surface area contributed by atoms with Gasteiger partial charge in [0.05, 0.1) is 12.7 Å². The lowest BCUT2D eigenvalue weighted by Crippen LogP contribution is -2.23. The van der Waals surface area contributed by atoms with E-state index in [1.54, 1.807) is 12.1 Å². The molecule has 4 aromatic carbocycles. The van der Waals surface area contributed by atoms with E-state index in [2.05, 4.69) is 40.2 Å². The Bertz CT molecular complexity index is 1200. The maximum absolute atomic E-state index is 10.4. The van der Waals surface area contributed by atoms with Crippen molar-refractivity contribution >= 4 is 22.7 Å². The Kier molecular flexibility index (Phi) is 8.35. The smallest absolute Gasteiger partial charge is 0.121 e. The Labute approximate surface area is 205 Å². The molecule has 0 aliphatic carbocycles. The van der Waals surface area contributed by atoms with E-state index < -0.39 is 6.10 Å². The zero-order valence-electron chi connectivity index (χ0n) is 19.5. The molecule has 4 aromatic rings. The fourth-order valence-corrected chi connectivity index (χ4v) is 3.78. The monoisotopic (exact) mass is 469 g/mol. The molecule has 0 aliphatic heterocycles. The summed E-state index contributed by atoms with van der Waals surface area (Å²) >= 11 is 0. The van der Waals surface area contributed by atoms with Crippen molar-refractivity contribution in [1.29, 1.82) is 0 Å². The summed E-state index contributed by atoms with van der Waals surface area (Å²) in [4.78, 5) is 0. The van der Waals surface area contributed by atoms with Gasteiger partial charge in [-0.1, -0.05) is 36.4 Å². The van der Waals surface area contributed by atoms with Crippen LogP contribution in [0.15, 0.2) is 97.1 Å². The summed E-state index contributed by atoms with van der Waals surface area (Å²) in [5.41, 5.74) is 6.41. The van der Waals surface area contributed by atoms with Gasteiger partial charge in [-0.15, -0.1) is 0 Å². The molecule has 0 aliphatic rings. The molecule has 1 atom stereocenters. The zero-order valence-corrected chi connectivity index (χ0v) is 19.5. The number of aromatic hydroxyl groups is 1. The molecule has 0 amide bonds. The highest BCUT2D eigenvalue weighted by molar-refractivity contribution is 5.66. The minimum Gasteiger partial charge on any atom is -0.508 e. The normalized spacial score (nSPS) is 11.7. The van der Waals surface area contributed by atoms with E-state index in [0.29, 0.717) is 17.7 Å². The van der Waals surface area contributed by atoms with E-state index >= 15 is 0 Å². The van der Waals surface area contributed by atoms with Gasteiger partial charge in [0, 0.05) is 34.9 Å². The minimum absolute atomic E-state index is 0.0337. The van der Waals surface area contributed by atoms with E-state index in [0.717, 1.165) is 35.7 Å². The summed E-state index contributed by atoms with van der Waals surface area (Å²) < 4.78 is 0. The van der Waals surface area contributed by atoms with Gasteiger partial charge in [0.1, 0.15) is 5.75 Å². The van der Waals surface area contributed by atoms with Crippen LogP contribution in [0.25, 0.3) is 0 Å². The van der Waals surface area contributed by atoms with Gasteiger partial charge in [-0.25, -0.2) is 0 Å². The molecule has 6 nitrogen and oxygen atoms in total. The van der Waals surface area contributed by atoms with Gasteiger partial charge >= 0.3 is 0 Å². The predicted octanol–water partition coefficient (Wildman–Crippen LogP) is 5.24. The first-order valence-corrected chi connectivity index (χ1v) is 11.7.